The SMILES string of the molecule is CCc1ccc(NC(=O)CC2CCCCN2C)cc1. The maximum absolute atomic E-state index is 12.0. The predicted octanol–water partition coefficient (Wildman–Crippen LogP) is 3.06. The van der Waals surface area contributed by atoms with Crippen LogP contribution in [0.1, 0.15) is 38.2 Å². The quantitative estimate of drug-likeness (QED) is 0.902. The molecule has 0 saturated carbocycles. The van der Waals surface area contributed by atoms with Crippen molar-refractivity contribution in [2.75, 3.05) is 18.9 Å². The maximum atomic E-state index is 12.0. The van der Waals surface area contributed by atoms with E-state index in [1.165, 1.54) is 18.4 Å². The van der Waals surface area contributed by atoms with Crippen molar-refractivity contribution in [2.24, 2.45) is 0 Å². The summed E-state index contributed by atoms with van der Waals surface area (Å²) in [4.78, 5) is 14.4. The second kappa shape index (κ2) is 6.71. The van der Waals surface area contributed by atoms with Crippen LogP contribution in [0.5, 0.6) is 0 Å². The van der Waals surface area contributed by atoms with E-state index >= 15 is 0 Å². The van der Waals surface area contributed by atoms with Crippen LogP contribution in [-0.2, 0) is 11.2 Å². The van der Waals surface area contributed by atoms with Gasteiger partial charge in [0.1, 0.15) is 0 Å². The molecule has 19 heavy (non-hydrogen) atoms. The first-order valence-corrected chi connectivity index (χ1v) is 7.28. The molecule has 104 valence electrons. The van der Waals surface area contributed by atoms with Gasteiger partial charge in [-0.3, -0.25) is 4.79 Å². The maximum Gasteiger partial charge on any atom is 0.225 e. The molecule has 3 nitrogen and oxygen atoms in total. The van der Waals surface area contributed by atoms with E-state index in [0.29, 0.717) is 12.5 Å². The molecule has 1 aliphatic heterocycles. The Morgan fingerprint density at radius 3 is 2.68 bits per heavy atom. The van der Waals surface area contributed by atoms with Gasteiger partial charge in [0.05, 0.1) is 0 Å². The molecule has 1 aromatic rings. The van der Waals surface area contributed by atoms with Gasteiger partial charge >= 0.3 is 0 Å². The van der Waals surface area contributed by atoms with E-state index in [4.69, 9.17) is 0 Å². The number of amides is 1. The van der Waals surface area contributed by atoms with Gasteiger partial charge in [-0.05, 0) is 50.6 Å². The number of likely N-dealkylation sites (tertiary alicyclic amines) is 1. The highest BCUT2D eigenvalue weighted by atomic mass is 16.1. The van der Waals surface area contributed by atoms with Gasteiger partial charge in [-0.1, -0.05) is 25.5 Å². The van der Waals surface area contributed by atoms with Crippen molar-refractivity contribution >= 4 is 11.6 Å². The zero-order chi connectivity index (χ0) is 13.7. The first-order valence-electron chi connectivity index (χ1n) is 7.28. The van der Waals surface area contributed by atoms with E-state index in [1.807, 2.05) is 12.1 Å². The molecule has 2 rings (SSSR count). The standard InChI is InChI=1S/C16H24N2O/c1-3-13-7-9-14(10-8-13)17-16(19)12-15-6-4-5-11-18(15)2/h7-10,15H,3-6,11-12H2,1-2H3,(H,17,19). The number of hydrogen-bond acceptors (Lipinski definition) is 2. The Labute approximate surface area is 116 Å². The van der Waals surface area contributed by atoms with Gasteiger partial charge in [0, 0.05) is 18.2 Å². The van der Waals surface area contributed by atoms with E-state index in [-0.39, 0.29) is 5.91 Å². The number of aryl methyl sites for hydroxylation is 1. The number of carbonyl (C=O) groups excluding carboxylic acids is 1. The summed E-state index contributed by atoms with van der Waals surface area (Å²) in [7, 11) is 2.12. The number of rotatable bonds is 4. The lowest BCUT2D eigenvalue weighted by atomic mass is 10.00. The summed E-state index contributed by atoms with van der Waals surface area (Å²) in [5.74, 6) is 0.128. The minimum absolute atomic E-state index is 0.128. The molecule has 0 spiro atoms. The largest absolute Gasteiger partial charge is 0.326 e. The number of piperidine rings is 1. The molecule has 1 aliphatic rings. The summed E-state index contributed by atoms with van der Waals surface area (Å²) >= 11 is 0. The monoisotopic (exact) mass is 260 g/mol. The third kappa shape index (κ3) is 4.06. The highest BCUT2D eigenvalue weighted by Gasteiger charge is 2.21. The molecule has 1 atom stereocenters. The molecule has 3 heteroatoms. The van der Waals surface area contributed by atoms with Crippen LogP contribution in [0.25, 0.3) is 0 Å². The summed E-state index contributed by atoms with van der Waals surface area (Å²) in [6.45, 7) is 3.25. The Hall–Kier alpha value is -1.35. The molecule has 1 amide bonds. The van der Waals surface area contributed by atoms with Gasteiger partial charge < -0.3 is 10.2 Å². The normalized spacial score (nSPS) is 20.2. The molecule has 0 bridgehead atoms. The van der Waals surface area contributed by atoms with Gasteiger partial charge in [0.15, 0.2) is 0 Å². The Morgan fingerprint density at radius 2 is 2.05 bits per heavy atom. The number of hydrogen-bond donors (Lipinski definition) is 1. The number of nitrogens with zero attached hydrogens (tertiary/aromatic N) is 1. The lowest BCUT2D eigenvalue weighted by Gasteiger charge is -2.31. The van der Waals surface area contributed by atoms with Crippen LogP contribution in [0.2, 0.25) is 0 Å². The molecule has 1 aromatic carbocycles. The van der Waals surface area contributed by atoms with Crippen molar-refractivity contribution in [3.05, 3.63) is 29.8 Å². The van der Waals surface area contributed by atoms with Crippen molar-refractivity contribution in [1.82, 2.24) is 4.90 Å². The summed E-state index contributed by atoms with van der Waals surface area (Å²) < 4.78 is 0. The van der Waals surface area contributed by atoms with Crippen molar-refractivity contribution < 1.29 is 4.79 Å². The number of anilines is 1. The van der Waals surface area contributed by atoms with Crippen molar-refractivity contribution in [3.8, 4) is 0 Å². The fourth-order valence-corrected chi connectivity index (χ4v) is 2.65. The summed E-state index contributed by atoms with van der Waals surface area (Å²) in [5, 5.41) is 3.00. The van der Waals surface area contributed by atoms with E-state index in [2.05, 4.69) is 36.3 Å². The van der Waals surface area contributed by atoms with E-state index < -0.39 is 0 Å². The van der Waals surface area contributed by atoms with Crippen LogP contribution in [0.15, 0.2) is 24.3 Å². The average Bonchev–Trinajstić information content (AvgIpc) is 2.42. The lowest BCUT2D eigenvalue weighted by Crippen LogP contribution is -2.38. The molecule has 1 heterocycles. The summed E-state index contributed by atoms with van der Waals surface area (Å²) in [6.07, 6.45) is 5.27. The topological polar surface area (TPSA) is 32.3 Å². The van der Waals surface area contributed by atoms with Gasteiger partial charge in [-0.25, -0.2) is 0 Å². The highest BCUT2D eigenvalue weighted by molar-refractivity contribution is 5.91. The summed E-state index contributed by atoms with van der Waals surface area (Å²) in [6, 6.07) is 8.52. The van der Waals surface area contributed by atoms with Crippen LogP contribution >= 0.6 is 0 Å². The highest BCUT2D eigenvalue weighted by Crippen LogP contribution is 2.18. The fourth-order valence-electron chi connectivity index (χ4n) is 2.65. The Bertz CT molecular complexity index is 413. The summed E-state index contributed by atoms with van der Waals surface area (Å²) in [5.41, 5.74) is 2.20. The number of benzene rings is 1. The Balaban J connectivity index is 1.86. The fraction of sp³-hybridized carbons (Fsp3) is 0.562. The molecule has 1 unspecified atom stereocenters. The predicted molar refractivity (Wildman–Crippen MR) is 79.3 cm³/mol. The van der Waals surface area contributed by atoms with Gasteiger partial charge in [-0.15, -0.1) is 0 Å². The van der Waals surface area contributed by atoms with Crippen LogP contribution in [-0.4, -0.2) is 30.4 Å². The molecule has 0 radical (unpaired) electrons. The Morgan fingerprint density at radius 1 is 1.32 bits per heavy atom. The first kappa shape index (κ1) is 14.1. The van der Waals surface area contributed by atoms with E-state index in [9.17, 15) is 4.79 Å². The lowest BCUT2D eigenvalue weighted by molar-refractivity contribution is -0.117. The van der Waals surface area contributed by atoms with Gasteiger partial charge in [0.25, 0.3) is 0 Å². The van der Waals surface area contributed by atoms with Crippen molar-refractivity contribution in [2.45, 2.75) is 45.1 Å². The molecule has 0 aromatic heterocycles. The van der Waals surface area contributed by atoms with Crippen molar-refractivity contribution in [1.29, 1.82) is 0 Å². The zero-order valence-corrected chi connectivity index (χ0v) is 12.0. The number of carbonyl (C=O) groups is 1. The van der Waals surface area contributed by atoms with Gasteiger partial charge in [0.2, 0.25) is 5.91 Å². The number of nitrogens with one attached hydrogen (secondary N) is 1. The second-order valence-electron chi connectivity index (χ2n) is 5.43. The van der Waals surface area contributed by atoms with Gasteiger partial charge in [-0.2, -0.15) is 0 Å². The zero-order valence-electron chi connectivity index (χ0n) is 12.0. The van der Waals surface area contributed by atoms with Crippen LogP contribution < -0.4 is 5.32 Å². The molecule has 1 saturated heterocycles. The van der Waals surface area contributed by atoms with E-state index in [0.717, 1.165) is 25.1 Å². The molecule has 1 fully saturated rings. The average molecular weight is 260 g/mol. The molecule has 0 aliphatic carbocycles. The van der Waals surface area contributed by atoms with Crippen LogP contribution in [0.4, 0.5) is 5.69 Å². The molecule has 1 N–H and O–H groups in total. The third-order valence-electron chi connectivity index (χ3n) is 3.99. The first-order chi connectivity index (χ1) is 9.19. The minimum atomic E-state index is 0.128. The molecular formula is C16H24N2O. The van der Waals surface area contributed by atoms with Crippen molar-refractivity contribution in [3.63, 3.8) is 0 Å². The van der Waals surface area contributed by atoms with E-state index in [1.54, 1.807) is 0 Å². The third-order valence-corrected chi connectivity index (χ3v) is 3.99. The minimum Gasteiger partial charge on any atom is -0.326 e. The van der Waals surface area contributed by atoms with Crippen LogP contribution in [0.3, 0.4) is 0 Å². The smallest absolute Gasteiger partial charge is 0.225 e. The second-order valence-corrected chi connectivity index (χ2v) is 5.43. The Kier molecular flexibility index (Phi) is 4.97. The van der Waals surface area contributed by atoms with Crippen LogP contribution in [0, 0.1) is 0 Å². The molecular weight excluding hydrogens is 236 g/mol.